The van der Waals surface area contributed by atoms with Crippen LogP contribution in [0.3, 0.4) is 0 Å². The summed E-state index contributed by atoms with van der Waals surface area (Å²) in [5.41, 5.74) is 0.447. The van der Waals surface area contributed by atoms with Crippen molar-refractivity contribution >= 4 is 17.7 Å². The van der Waals surface area contributed by atoms with E-state index < -0.39 is 18.3 Å². The third kappa shape index (κ3) is 8.33. The van der Waals surface area contributed by atoms with Crippen LogP contribution in [0.1, 0.15) is 64.7 Å². The summed E-state index contributed by atoms with van der Waals surface area (Å²) in [6.07, 6.45) is 6.33. The van der Waals surface area contributed by atoms with Crippen LogP contribution >= 0.6 is 0 Å². The lowest BCUT2D eigenvalue weighted by Crippen LogP contribution is -2.24. The zero-order valence-corrected chi connectivity index (χ0v) is 17.2. The molecule has 0 amide bonds. The normalized spacial score (nSPS) is 25.6. The summed E-state index contributed by atoms with van der Waals surface area (Å²) >= 11 is 0. The van der Waals surface area contributed by atoms with Crippen molar-refractivity contribution in [3.63, 3.8) is 0 Å². The SMILES string of the molecule is CC(=O)CCCCCC[C@@H]1[C@@H](CCC(O)C=Nc2cccc(F)c2)[C@H](O)C[C@@H]1O. The second-order valence-electron chi connectivity index (χ2n) is 8.26. The van der Waals surface area contributed by atoms with Gasteiger partial charge in [-0.3, -0.25) is 4.99 Å². The van der Waals surface area contributed by atoms with E-state index in [9.17, 15) is 24.5 Å². The van der Waals surface area contributed by atoms with Crippen molar-refractivity contribution in [2.45, 2.75) is 83.0 Å². The second-order valence-corrected chi connectivity index (χ2v) is 8.26. The molecule has 0 bridgehead atoms. The number of carbonyl (C=O) groups excluding carboxylic acids is 1. The first kappa shape index (κ1) is 23.6. The van der Waals surface area contributed by atoms with Crippen LogP contribution < -0.4 is 0 Å². The Morgan fingerprint density at radius 3 is 2.55 bits per heavy atom. The fraction of sp³-hybridized carbons (Fsp3) is 0.652. The van der Waals surface area contributed by atoms with Crippen molar-refractivity contribution in [1.29, 1.82) is 0 Å². The van der Waals surface area contributed by atoms with Crippen LogP contribution in [-0.4, -0.2) is 45.6 Å². The van der Waals surface area contributed by atoms with E-state index in [0.717, 1.165) is 32.1 Å². The Morgan fingerprint density at radius 1 is 1.17 bits per heavy atom. The van der Waals surface area contributed by atoms with Crippen LogP contribution in [0.4, 0.5) is 10.1 Å². The van der Waals surface area contributed by atoms with Crippen molar-refractivity contribution in [3.05, 3.63) is 30.1 Å². The summed E-state index contributed by atoms with van der Waals surface area (Å²) in [6, 6.07) is 5.86. The van der Waals surface area contributed by atoms with Gasteiger partial charge in [-0.15, -0.1) is 0 Å². The molecule has 1 saturated carbocycles. The molecule has 0 aromatic heterocycles. The topological polar surface area (TPSA) is 90.1 Å². The Balaban J connectivity index is 1.76. The number of aliphatic hydroxyl groups is 3. The monoisotopic (exact) mass is 407 g/mol. The average Bonchev–Trinajstić information content (AvgIpc) is 2.93. The molecule has 0 heterocycles. The van der Waals surface area contributed by atoms with E-state index in [1.807, 2.05) is 0 Å². The molecule has 1 unspecified atom stereocenters. The number of Topliss-reactive ketones (excluding diaryl/α,β-unsaturated/α-hetero) is 1. The Bertz CT molecular complexity index is 666. The molecule has 2 rings (SSSR count). The van der Waals surface area contributed by atoms with Crippen LogP contribution in [-0.2, 0) is 4.79 Å². The highest BCUT2D eigenvalue weighted by Gasteiger charge is 2.40. The maximum Gasteiger partial charge on any atom is 0.129 e. The maximum absolute atomic E-state index is 13.2. The number of nitrogens with zero attached hydrogens (tertiary/aromatic N) is 1. The summed E-state index contributed by atoms with van der Waals surface area (Å²) in [5, 5.41) is 30.8. The highest BCUT2D eigenvalue weighted by Crippen LogP contribution is 2.39. The number of hydrogen-bond donors (Lipinski definition) is 3. The van der Waals surface area contributed by atoms with Crippen molar-refractivity contribution < 1.29 is 24.5 Å². The summed E-state index contributed by atoms with van der Waals surface area (Å²) in [7, 11) is 0. The lowest BCUT2D eigenvalue weighted by molar-refractivity contribution is -0.117. The van der Waals surface area contributed by atoms with Gasteiger partial charge in [-0.2, -0.15) is 0 Å². The fourth-order valence-electron chi connectivity index (χ4n) is 4.25. The van der Waals surface area contributed by atoms with E-state index in [1.165, 1.54) is 18.3 Å². The van der Waals surface area contributed by atoms with Crippen molar-refractivity contribution in [1.82, 2.24) is 0 Å². The van der Waals surface area contributed by atoms with Gasteiger partial charge in [-0.25, -0.2) is 4.39 Å². The summed E-state index contributed by atoms with van der Waals surface area (Å²) in [5.74, 6) is -0.162. The molecule has 5 nitrogen and oxygen atoms in total. The van der Waals surface area contributed by atoms with E-state index in [1.54, 1.807) is 19.1 Å². The van der Waals surface area contributed by atoms with E-state index in [4.69, 9.17) is 0 Å². The van der Waals surface area contributed by atoms with Gasteiger partial charge in [0.05, 0.1) is 24.0 Å². The predicted octanol–water partition coefficient (Wildman–Crippen LogP) is 3.96. The molecule has 3 N–H and O–H groups in total. The molecule has 1 aliphatic rings. The average molecular weight is 408 g/mol. The van der Waals surface area contributed by atoms with Crippen LogP contribution in [0.25, 0.3) is 0 Å². The van der Waals surface area contributed by atoms with Gasteiger partial charge in [0.2, 0.25) is 0 Å². The molecule has 1 aromatic rings. The minimum Gasteiger partial charge on any atom is -0.393 e. The molecule has 1 aromatic carbocycles. The lowest BCUT2D eigenvalue weighted by atomic mass is 9.85. The number of ketones is 1. The van der Waals surface area contributed by atoms with Crippen molar-refractivity contribution in [2.24, 2.45) is 16.8 Å². The number of rotatable bonds is 12. The third-order valence-corrected chi connectivity index (χ3v) is 5.84. The Labute approximate surface area is 172 Å². The van der Waals surface area contributed by atoms with E-state index >= 15 is 0 Å². The molecule has 0 saturated heterocycles. The molecule has 1 fully saturated rings. The van der Waals surface area contributed by atoms with Gasteiger partial charge in [-0.1, -0.05) is 25.3 Å². The quantitative estimate of drug-likeness (QED) is 0.361. The minimum atomic E-state index is -0.782. The van der Waals surface area contributed by atoms with Crippen LogP contribution in [0.2, 0.25) is 0 Å². The summed E-state index contributed by atoms with van der Waals surface area (Å²) in [4.78, 5) is 15.1. The zero-order valence-electron chi connectivity index (χ0n) is 17.2. The number of halogens is 1. The largest absolute Gasteiger partial charge is 0.393 e. The molecule has 0 radical (unpaired) electrons. The molecule has 0 spiro atoms. The molecule has 0 aliphatic heterocycles. The first-order valence-electron chi connectivity index (χ1n) is 10.7. The predicted molar refractivity (Wildman–Crippen MR) is 112 cm³/mol. The van der Waals surface area contributed by atoms with Crippen molar-refractivity contribution in [3.8, 4) is 0 Å². The van der Waals surface area contributed by atoms with Gasteiger partial charge in [0, 0.05) is 12.6 Å². The van der Waals surface area contributed by atoms with E-state index in [-0.39, 0.29) is 23.4 Å². The molecule has 29 heavy (non-hydrogen) atoms. The molecule has 5 atom stereocenters. The van der Waals surface area contributed by atoms with Crippen LogP contribution in [0.5, 0.6) is 0 Å². The van der Waals surface area contributed by atoms with Gasteiger partial charge in [0.1, 0.15) is 11.6 Å². The van der Waals surface area contributed by atoms with E-state index in [0.29, 0.717) is 31.4 Å². The Hall–Kier alpha value is -1.63. The molecule has 6 heteroatoms. The third-order valence-electron chi connectivity index (χ3n) is 5.84. The summed E-state index contributed by atoms with van der Waals surface area (Å²) < 4.78 is 13.2. The number of aliphatic imine (C=N–C) groups is 1. The highest BCUT2D eigenvalue weighted by atomic mass is 19.1. The zero-order chi connectivity index (χ0) is 21.2. The van der Waals surface area contributed by atoms with E-state index in [2.05, 4.69) is 4.99 Å². The number of unbranched alkanes of at least 4 members (excludes halogenated alkanes) is 3. The number of hydrogen-bond acceptors (Lipinski definition) is 5. The van der Waals surface area contributed by atoms with Gasteiger partial charge in [-0.05, 0) is 69.1 Å². The molecular formula is C23H34FNO4. The van der Waals surface area contributed by atoms with Gasteiger partial charge >= 0.3 is 0 Å². The maximum atomic E-state index is 13.2. The summed E-state index contributed by atoms with van der Waals surface area (Å²) in [6.45, 7) is 1.61. The minimum absolute atomic E-state index is 0.0326. The number of aliphatic hydroxyl groups excluding tert-OH is 3. The molecule has 162 valence electrons. The van der Waals surface area contributed by atoms with Gasteiger partial charge in [0.15, 0.2) is 0 Å². The first-order chi connectivity index (χ1) is 13.9. The smallest absolute Gasteiger partial charge is 0.129 e. The number of benzene rings is 1. The van der Waals surface area contributed by atoms with Crippen molar-refractivity contribution in [2.75, 3.05) is 0 Å². The highest BCUT2D eigenvalue weighted by molar-refractivity contribution is 5.75. The van der Waals surface area contributed by atoms with Gasteiger partial charge in [0.25, 0.3) is 0 Å². The van der Waals surface area contributed by atoms with Gasteiger partial charge < -0.3 is 20.1 Å². The first-order valence-corrected chi connectivity index (χ1v) is 10.7. The Kier molecular flexibility index (Phi) is 9.91. The molecular weight excluding hydrogens is 373 g/mol. The molecule has 1 aliphatic carbocycles. The van der Waals surface area contributed by atoms with Crippen LogP contribution in [0, 0.1) is 17.7 Å². The standard InChI is InChI=1S/C23H34FNO4/c1-16(26)7-4-2-3-5-10-20-21(23(29)14-22(20)28)12-11-19(27)15-25-18-9-6-8-17(24)13-18/h6,8-9,13,15,19-23,27-29H,2-5,7,10-12,14H2,1H3/t19?,20-,21-,22+,23-/m1/s1. The number of carbonyl (C=O) groups is 1. The Morgan fingerprint density at radius 2 is 1.86 bits per heavy atom. The second kappa shape index (κ2) is 12.2. The van der Waals surface area contributed by atoms with Crippen LogP contribution in [0.15, 0.2) is 29.3 Å². The fourth-order valence-corrected chi connectivity index (χ4v) is 4.25. The lowest BCUT2D eigenvalue weighted by Gasteiger charge is -2.24.